The van der Waals surface area contributed by atoms with Crippen LogP contribution in [-0.2, 0) is 53.7 Å². The molecule has 5 N–H and O–H groups in total. The van der Waals surface area contributed by atoms with Crippen LogP contribution in [0.25, 0.3) is 10.9 Å². The van der Waals surface area contributed by atoms with Crippen molar-refractivity contribution in [2.45, 2.75) is 104 Å². The van der Waals surface area contributed by atoms with Crippen LogP contribution in [0.1, 0.15) is 95.0 Å². The number of ketones is 2. The molecule has 0 spiro atoms. The number of Topliss-reactive ketones (excluding diaryl/α,β-unsaturated/α-hetero) is 2. The summed E-state index contributed by atoms with van der Waals surface area (Å²) < 4.78 is 72.0. The number of halogens is 4. The average Bonchev–Trinajstić information content (AvgIpc) is 3.51. The normalized spacial score (nSPS) is 18.1. The van der Waals surface area contributed by atoms with Gasteiger partial charge < -0.3 is 25.4 Å². The molecule has 1 aliphatic carbocycles. The number of unbranched alkanes of at least 4 members (excludes halogenated alkanes) is 1. The number of benzene rings is 2. The predicted molar refractivity (Wildman–Crippen MR) is 202 cm³/mol. The third-order valence-corrected chi connectivity index (χ3v) is 11.7. The van der Waals surface area contributed by atoms with Crippen LogP contribution < -0.4 is 10.6 Å². The first-order valence-corrected chi connectivity index (χ1v) is 20.6. The number of aryl methyl sites for hydroxylation is 1. The highest BCUT2D eigenvalue weighted by molar-refractivity contribution is 7.46. The lowest BCUT2D eigenvalue weighted by molar-refractivity contribution is -0.139. The van der Waals surface area contributed by atoms with E-state index in [-0.39, 0.29) is 92.2 Å². The van der Waals surface area contributed by atoms with Gasteiger partial charge in [0.2, 0.25) is 11.8 Å². The number of carbonyl (C=O) groups is 4. The van der Waals surface area contributed by atoms with E-state index in [9.17, 15) is 41.3 Å². The second-order valence-corrected chi connectivity index (χ2v) is 16.2. The molecule has 16 heteroatoms. The summed E-state index contributed by atoms with van der Waals surface area (Å²) in [4.78, 5) is 76.8. The molecule has 2 amide bonds. The number of aromatic nitrogens is 1. The number of fused-ring (bicyclic) bond motifs is 3. The van der Waals surface area contributed by atoms with E-state index < -0.39 is 60.4 Å². The van der Waals surface area contributed by atoms with E-state index in [4.69, 9.17) is 9.79 Å². The average molecular weight is 810 g/mol. The molecule has 56 heavy (non-hydrogen) atoms. The standard InChI is InChI=1S/C40H52F4N3O8P/c1-5-24(3)29(21-27(48)20-26-12-7-8-15-33(26)41)38(51)47-39(17-16-34-31(23-39)28-13-11-14-32(36(28)46-34)40(42,43)44)35(49)22-30(25(4)6-2)37(50)45-18-9-10-19-55-56(52,53)54/h7-8,11-15,24-25,29-30,46H,5-6,9-10,16-23H2,1-4H3,(H,45,50)(H,47,51)(H2,52,53,54)/t24?,25?,29-,30-,39+/m0/s1. The van der Waals surface area contributed by atoms with Crippen LogP contribution in [0.5, 0.6) is 0 Å². The lowest BCUT2D eigenvalue weighted by Gasteiger charge is -2.39. The molecule has 0 radical (unpaired) electrons. The van der Waals surface area contributed by atoms with Gasteiger partial charge in [-0.05, 0) is 60.8 Å². The summed E-state index contributed by atoms with van der Waals surface area (Å²) in [5.41, 5.74) is -1.49. The number of nitrogens with one attached hydrogen (secondary N) is 3. The highest BCUT2D eigenvalue weighted by atomic mass is 31.2. The van der Waals surface area contributed by atoms with E-state index in [0.717, 1.165) is 6.07 Å². The molecule has 5 atom stereocenters. The van der Waals surface area contributed by atoms with Gasteiger partial charge in [-0.15, -0.1) is 0 Å². The highest BCUT2D eigenvalue weighted by Crippen LogP contribution is 2.41. The van der Waals surface area contributed by atoms with Gasteiger partial charge in [0.05, 0.1) is 17.7 Å². The molecule has 0 saturated heterocycles. The molecule has 2 unspecified atom stereocenters. The lowest BCUT2D eigenvalue weighted by atomic mass is 9.72. The van der Waals surface area contributed by atoms with Crippen molar-refractivity contribution in [2.75, 3.05) is 13.2 Å². The first-order chi connectivity index (χ1) is 26.3. The molecule has 0 saturated carbocycles. The smallest absolute Gasteiger partial charge is 0.358 e. The van der Waals surface area contributed by atoms with Crippen LogP contribution >= 0.6 is 7.82 Å². The van der Waals surface area contributed by atoms with Gasteiger partial charge in [-0.2, -0.15) is 13.2 Å². The Morgan fingerprint density at radius 2 is 1.61 bits per heavy atom. The van der Waals surface area contributed by atoms with Crippen LogP contribution in [0.3, 0.4) is 0 Å². The van der Waals surface area contributed by atoms with Gasteiger partial charge >= 0.3 is 14.0 Å². The number of amides is 2. The molecule has 0 aliphatic heterocycles. The monoisotopic (exact) mass is 809 g/mol. The molecule has 2 aromatic carbocycles. The molecule has 1 aliphatic rings. The molecule has 11 nitrogen and oxygen atoms in total. The van der Waals surface area contributed by atoms with Crippen LogP contribution in [0.15, 0.2) is 42.5 Å². The Kier molecular flexibility index (Phi) is 15.2. The summed E-state index contributed by atoms with van der Waals surface area (Å²) in [5, 5.41) is 6.05. The second-order valence-electron chi connectivity index (χ2n) is 15.0. The first kappa shape index (κ1) is 44.8. The Morgan fingerprint density at radius 3 is 2.23 bits per heavy atom. The SMILES string of the molecule is CCC(C)[C@H](CC(=O)[C@@]1(NC(=O)[C@@H](CC(=O)Cc2ccccc2F)C(C)CC)CCc2[nH]c3c(C(F)(F)F)cccc3c2C1)C(=O)NCCCCOP(=O)(O)O. The number of carbonyl (C=O) groups excluding carboxylic acids is 4. The van der Waals surface area contributed by atoms with E-state index >= 15 is 0 Å². The third-order valence-electron chi connectivity index (χ3n) is 11.2. The van der Waals surface area contributed by atoms with Gasteiger partial charge in [0, 0.05) is 55.1 Å². The summed E-state index contributed by atoms with van der Waals surface area (Å²) in [6.07, 6.45) is -3.84. The van der Waals surface area contributed by atoms with Crippen molar-refractivity contribution in [1.82, 2.24) is 15.6 Å². The quantitative estimate of drug-likeness (QED) is 0.0454. The lowest BCUT2D eigenvalue weighted by Crippen LogP contribution is -2.60. The van der Waals surface area contributed by atoms with Crippen molar-refractivity contribution in [3.05, 3.63) is 70.7 Å². The molecular formula is C40H52F4N3O8P. The third kappa shape index (κ3) is 11.4. The van der Waals surface area contributed by atoms with Gasteiger partial charge in [-0.3, -0.25) is 23.7 Å². The van der Waals surface area contributed by atoms with Gasteiger partial charge in [0.1, 0.15) is 17.1 Å². The number of aromatic amines is 1. The summed E-state index contributed by atoms with van der Waals surface area (Å²) in [5.74, 6) is -4.80. The summed E-state index contributed by atoms with van der Waals surface area (Å²) >= 11 is 0. The van der Waals surface area contributed by atoms with Crippen molar-refractivity contribution < 1.29 is 55.6 Å². The zero-order valence-electron chi connectivity index (χ0n) is 32.1. The molecule has 308 valence electrons. The van der Waals surface area contributed by atoms with Crippen molar-refractivity contribution in [3.8, 4) is 0 Å². The molecule has 3 aromatic rings. The van der Waals surface area contributed by atoms with E-state index in [2.05, 4.69) is 20.1 Å². The van der Waals surface area contributed by atoms with Crippen LogP contribution in [0.4, 0.5) is 17.6 Å². The maximum atomic E-state index is 14.8. The largest absolute Gasteiger partial charge is 0.469 e. The zero-order valence-corrected chi connectivity index (χ0v) is 33.0. The fraction of sp³-hybridized carbons (Fsp3) is 0.550. The number of phosphoric acid groups is 1. The number of phosphoric ester groups is 1. The number of H-pyrrole nitrogens is 1. The Hall–Kier alpha value is -3.91. The highest BCUT2D eigenvalue weighted by Gasteiger charge is 2.47. The molecule has 0 bridgehead atoms. The maximum Gasteiger partial charge on any atom is 0.469 e. The first-order valence-electron chi connectivity index (χ1n) is 19.1. The van der Waals surface area contributed by atoms with Crippen molar-refractivity contribution in [3.63, 3.8) is 0 Å². The number of hydrogen-bond acceptors (Lipinski definition) is 6. The Balaban J connectivity index is 1.66. The molecule has 4 rings (SSSR count). The van der Waals surface area contributed by atoms with E-state index in [1.165, 1.54) is 30.3 Å². The fourth-order valence-corrected chi connectivity index (χ4v) is 7.81. The van der Waals surface area contributed by atoms with Crippen molar-refractivity contribution >= 4 is 42.1 Å². The van der Waals surface area contributed by atoms with Crippen LogP contribution in [-0.4, -0.2) is 56.8 Å². The topological polar surface area (TPSA) is 175 Å². The van der Waals surface area contributed by atoms with Gasteiger partial charge in [0.15, 0.2) is 5.78 Å². The minimum Gasteiger partial charge on any atom is -0.358 e. The van der Waals surface area contributed by atoms with Gasteiger partial charge in [0.25, 0.3) is 0 Å². The van der Waals surface area contributed by atoms with Crippen molar-refractivity contribution in [1.29, 1.82) is 0 Å². The van der Waals surface area contributed by atoms with Crippen LogP contribution in [0.2, 0.25) is 0 Å². The Bertz CT molecular complexity index is 1930. The summed E-state index contributed by atoms with van der Waals surface area (Å²) in [6.45, 7) is 7.25. The molecule has 1 heterocycles. The van der Waals surface area contributed by atoms with Crippen molar-refractivity contribution in [2.24, 2.45) is 23.7 Å². The fourth-order valence-electron chi connectivity index (χ4n) is 7.44. The summed E-state index contributed by atoms with van der Waals surface area (Å²) in [6, 6.07) is 9.65. The zero-order chi connectivity index (χ0) is 41.4. The predicted octanol–water partition coefficient (Wildman–Crippen LogP) is 7.16. The van der Waals surface area contributed by atoms with E-state index in [0.29, 0.717) is 30.5 Å². The number of alkyl halides is 3. The molecular weight excluding hydrogens is 757 g/mol. The number of para-hydroxylation sites is 1. The molecule has 1 aromatic heterocycles. The maximum absolute atomic E-state index is 14.8. The van der Waals surface area contributed by atoms with Gasteiger partial charge in [-0.1, -0.05) is 70.9 Å². The van der Waals surface area contributed by atoms with Gasteiger partial charge in [-0.25, -0.2) is 8.96 Å². The van der Waals surface area contributed by atoms with E-state index in [1.54, 1.807) is 13.0 Å². The molecule has 0 fully saturated rings. The number of rotatable bonds is 20. The van der Waals surface area contributed by atoms with Crippen LogP contribution in [0, 0.1) is 29.5 Å². The Labute approximate surface area is 324 Å². The Morgan fingerprint density at radius 1 is 0.946 bits per heavy atom. The summed E-state index contributed by atoms with van der Waals surface area (Å²) in [7, 11) is -4.63. The minimum atomic E-state index is -4.66. The second kappa shape index (κ2) is 19.0. The minimum absolute atomic E-state index is 0.0174. The number of hydrogen-bond donors (Lipinski definition) is 5. The van der Waals surface area contributed by atoms with E-state index in [1.807, 2.05) is 20.8 Å².